The van der Waals surface area contributed by atoms with Crippen LogP contribution in [0.25, 0.3) is 0 Å². The van der Waals surface area contributed by atoms with Crippen LogP contribution in [0.4, 0.5) is 6.01 Å². The number of carboxylic acid groups (broad SMARTS) is 1. The molecule has 2 N–H and O–H groups in total. The van der Waals surface area contributed by atoms with E-state index in [-0.39, 0.29) is 23.2 Å². The zero-order valence-corrected chi connectivity index (χ0v) is 17.6. The summed E-state index contributed by atoms with van der Waals surface area (Å²) in [4.78, 5) is 52.3. The van der Waals surface area contributed by atoms with Crippen molar-refractivity contribution in [1.29, 1.82) is 0 Å². The standard InChI is InChI=1S/C17H19N7O6S/c1-5-8-6-31-15-10(14(26)24(15)11(8)16(27)28)19-13(25)9(21-29-4)12-20-17(30-22-12)18-7-23(2)3/h5,7,10,15H,1,6H2,2-4H3,(H,19,25)(H,27,28)/t10?,15-/m0/s1. The smallest absolute Gasteiger partial charge is 0.352 e. The normalized spacial score (nSPS) is 20.9. The lowest BCUT2D eigenvalue weighted by molar-refractivity contribution is -0.150. The van der Waals surface area contributed by atoms with Gasteiger partial charge in [-0.05, 0) is 5.57 Å². The molecule has 0 aromatic carbocycles. The van der Waals surface area contributed by atoms with Crippen molar-refractivity contribution in [2.45, 2.75) is 11.4 Å². The van der Waals surface area contributed by atoms with Crippen molar-refractivity contribution in [3.63, 3.8) is 0 Å². The largest absolute Gasteiger partial charge is 0.477 e. The zero-order valence-electron chi connectivity index (χ0n) is 16.8. The molecule has 1 fully saturated rings. The minimum Gasteiger partial charge on any atom is -0.477 e. The summed E-state index contributed by atoms with van der Waals surface area (Å²) < 4.78 is 4.95. The van der Waals surface area contributed by atoms with Gasteiger partial charge in [0, 0.05) is 19.8 Å². The average Bonchev–Trinajstić information content (AvgIpc) is 3.21. The van der Waals surface area contributed by atoms with Crippen LogP contribution in [0.3, 0.4) is 0 Å². The van der Waals surface area contributed by atoms with E-state index in [1.807, 2.05) is 0 Å². The molecule has 0 bridgehead atoms. The second kappa shape index (κ2) is 8.99. The minimum atomic E-state index is -1.24. The summed E-state index contributed by atoms with van der Waals surface area (Å²) in [7, 11) is 4.72. The van der Waals surface area contributed by atoms with Crippen LogP contribution >= 0.6 is 11.8 Å². The minimum absolute atomic E-state index is 0.109. The highest BCUT2D eigenvalue weighted by Gasteiger charge is 2.54. The number of β-lactam (4-membered cyclic amide) rings is 1. The number of aromatic nitrogens is 2. The van der Waals surface area contributed by atoms with E-state index in [1.165, 1.54) is 31.3 Å². The van der Waals surface area contributed by atoms with E-state index in [0.29, 0.717) is 11.3 Å². The first-order valence-electron chi connectivity index (χ1n) is 8.78. The number of carbonyl (C=O) groups is 3. The van der Waals surface area contributed by atoms with Gasteiger partial charge in [0.25, 0.3) is 11.8 Å². The molecule has 0 saturated carbocycles. The van der Waals surface area contributed by atoms with E-state index < -0.39 is 29.2 Å². The van der Waals surface area contributed by atoms with Crippen LogP contribution in [0.1, 0.15) is 5.82 Å². The maximum Gasteiger partial charge on any atom is 0.352 e. The van der Waals surface area contributed by atoms with Crippen LogP contribution in [0.15, 0.2) is 38.6 Å². The molecule has 0 spiro atoms. The van der Waals surface area contributed by atoms with Gasteiger partial charge in [-0.2, -0.15) is 9.98 Å². The van der Waals surface area contributed by atoms with Gasteiger partial charge in [0.1, 0.15) is 24.2 Å². The maximum atomic E-state index is 12.8. The number of rotatable bonds is 8. The monoisotopic (exact) mass is 449 g/mol. The number of hydrogen-bond donors (Lipinski definition) is 2. The highest BCUT2D eigenvalue weighted by Crippen LogP contribution is 2.40. The molecule has 31 heavy (non-hydrogen) atoms. The lowest BCUT2D eigenvalue weighted by atomic mass is 10.0. The molecule has 0 radical (unpaired) electrons. The number of aliphatic carboxylic acids is 1. The Kier molecular flexibility index (Phi) is 6.39. The Morgan fingerprint density at radius 1 is 1.48 bits per heavy atom. The third kappa shape index (κ3) is 4.28. The fraction of sp³-hybridized carbons (Fsp3) is 0.353. The van der Waals surface area contributed by atoms with Gasteiger partial charge in [0.2, 0.25) is 11.5 Å². The quantitative estimate of drug-likeness (QED) is 0.230. The first-order chi connectivity index (χ1) is 14.8. The number of carboxylic acids is 1. The zero-order chi connectivity index (χ0) is 22.7. The number of thioether (sulfide) groups is 1. The molecule has 13 nitrogen and oxygen atoms in total. The van der Waals surface area contributed by atoms with Gasteiger partial charge >= 0.3 is 12.0 Å². The number of nitrogens with zero attached hydrogens (tertiary/aromatic N) is 6. The molecule has 2 aliphatic heterocycles. The topological polar surface area (TPSA) is 163 Å². The van der Waals surface area contributed by atoms with E-state index in [2.05, 4.69) is 32.2 Å². The van der Waals surface area contributed by atoms with Crippen molar-refractivity contribution in [3.8, 4) is 0 Å². The number of allylic oxidation sites excluding steroid dienone is 1. The molecule has 3 heterocycles. The van der Waals surface area contributed by atoms with Crippen molar-refractivity contribution in [3.05, 3.63) is 29.7 Å². The summed E-state index contributed by atoms with van der Waals surface area (Å²) in [5.41, 5.74) is -0.0295. The Morgan fingerprint density at radius 3 is 2.84 bits per heavy atom. The van der Waals surface area contributed by atoms with Crippen molar-refractivity contribution in [2.24, 2.45) is 10.1 Å². The average molecular weight is 449 g/mol. The highest BCUT2D eigenvalue weighted by atomic mass is 32.2. The van der Waals surface area contributed by atoms with Crippen LogP contribution in [0, 0.1) is 0 Å². The van der Waals surface area contributed by atoms with Crippen LogP contribution in [-0.2, 0) is 19.2 Å². The molecule has 1 aromatic heterocycles. The number of amides is 2. The van der Waals surface area contributed by atoms with Crippen LogP contribution in [0.2, 0.25) is 0 Å². The summed E-state index contributed by atoms with van der Waals surface area (Å²) >= 11 is 1.31. The Balaban J connectivity index is 1.77. The van der Waals surface area contributed by atoms with Crippen molar-refractivity contribution in [2.75, 3.05) is 27.0 Å². The van der Waals surface area contributed by atoms with Gasteiger partial charge < -0.3 is 24.7 Å². The Bertz CT molecular complexity index is 1010. The molecule has 2 aliphatic rings. The lowest BCUT2D eigenvalue weighted by Gasteiger charge is -2.49. The third-order valence-electron chi connectivity index (χ3n) is 4.16. The van der Waals surface area contributed by atoms with Gasteiger partial charge in [-0.1, -0.05) is 23.0 Å². The predicted octanol–water partition coefficient (Wildman–Crippen LogP) is -0.434. The van der Waals surface area contributed by atoms with E-state index in [9.17, 15) is 19.5 Å². The number of aliphatic imine (C=N–C) groups is 1. The summed E-state index contributed by atoms with van der Waals surface area (Å²) in [5, 5.41) is 18.7. The summed E-state index contributed by atoms with van der Waals surface area (Å²) in [6, 6.07) is -1.07. The molecule has 14 heteroatoms. The number of oxime groups is 1. The second-order valence-corrected chi connectivity index (χ2v) is 7.58. The first kappa shape index (κ1) is 22.0. The molecule has 0 aliphatic carbocycles. The Labute approximate surface area is 180 Å². The molecule has 2 atom stereocenters. The number of carbonyl (C=O) groups excluding carboxylic acids is 2. The van der Waals surface area contributed by atoms with E-state index in [0.717, 1.165) is 4.90 Å². The molecular formula is C17H19N7O6S. The van der Waals surface area contributed by atoms with Crippen molar-refractivity contribution >= 4 is 47.6 Å². The predicted molar refractivity (Wildman–Crippen MR) is 110 cm³/mol. The lowest BCUT2D eigenvalue weighted by Crippen LogP contribution is -2.71. The molecule has 1 aromatic rings. The maximum absolute atomic E-state index is 12.8. The summed E-state index contributed by atoms with van der Waals surface area (Å²) in [6.07, 6.45) is 2.83. The summed E-state index contributed by atoms with van der Waals surface area (Å²) in [5.74, 6) is -2.45. The van der Waals surface area contributed by atoms with Gasteiger partial charge in [-0.15, -0.1) is 11.8 Å². The van der Waals surface area contributed by atoms with Crippen LogP contribution < -0.4 is 5.32 Å². The van der Waals surface area contributed by atoms with Gasteiger partial charge in [0.05, 0.1) is 6.34 Å². The molecule has 3 rings (SSSR count). The van der Waals surface area contributed by atoms with E-state index in [4.69, 9.17) is 9.36 Å². The van der Waals surface area contributed by atoms with Crippen LogP contribution in [-0.4, -0.2) is 93.3 Å². The molecule has 164 valence electrons. The molecule has 2 amide bonds. The van der Waals surface area contributed by atoms with E-state index in [1.54, 1.807) is 19.0 Å². The third-order valence-corrected chi connectivity index (χ3v) is 5.46. The molecule has 1 unspecified atom stereocenters. The fourth-order valence-electron chi connectivity index (χ4n) is 2.81. The second-order valence-electron chi connectivity index (χ2n) is 6.48. The molecule has 1 saturated heterocycles. The van der Waals surface area contributed by atoms with Crippen molar-refractivity contribution in [1.82, 2.24) is 25.3 Å². The first-order valence-corrected chi connectivity index (χ1v) is 9.83. The molecular weight excluding hydrogens is 430 g/mol. The van der Waals surface area contributed by atoms with Gasteiger partial charge in [-0.25, -0.2) is 4.79 Å². The Hall–Kier alpha value is -3.68. The number of nitrogens with one attached hydrogen (secondary N) is 1. The van der Waals surface area contributed by atoms with Gasteiger partial charge in [-0.3, -0.25) is 14.5 Å². The van der Waals surface area contributed by atoms with Crippen LogP contribution in [0.5, 0.6) is 0 Å². The number of hydrogen-bond acceptors (Lipinski definition) is 10. The fourth-order valence-corrected chi connectivity index (χ4v) is 4.15. The van der Waals surface area contributed by atoms with E-state index >= 15 is 0 Å². The Morgan fingerprint density at radius 2 is 2.23 bits per heavy atom. The SMILES string of the molecule is C=CC1=C(C(=O)O)N2C(=O)C(NC(=O)C(=NOC)c3noc(N=CN(C)C)n3)[C@@H]2SC1. The number of fused-ring (bicyclic) bond motifs is 1. The van der Waals surface area contributed by atoms with Gasteiger partial charge in [0.15, 0.2) is 0 Å². The highest BCUT2D eigenvalue weighted by molar-refractivity contribution is 8.00. The van der Waals surface area contributed by atoms with Crippen molar-refractivity contribution < 1.29 is 28.9 Å². The summed E-state index contributed by atoms with van der Waals surface area (Å²) in [6.45, 7) is 3.59.